The molecule has 1 aromatic carbocycles. The van der Waals surface area contributed by atoms with Gasteiger partial charge in [0, 0.05) is 63.5 Å². The Morgan fingerprint density at radius 1 is 1.16 bits per heavy atom. The van der Waals surface area contributed by atoms with Gasteiger partial charge in [-0.2, -0.15) is 9.10 Å². The lowest BCUT2D eigenvalue weighted by atomic mass is 9.98. The highest BCUT2D eigenvalue weighted by atomic mass is 32.2. The van der Waals surface area contributed by atoms with Crippen LogP contribution in [0.5, 0.6) is 0 Å². The Labute approximate surface area is 186 Å². The van der Waals surface area contributed by atoms with Crippen molar-refractivity contribution < 1.29 is 23.2 Å². The summed E-state index contributed by atoms with van der Waals surface area (Å²) in [5.74, 6) is -0.342. The monoisotopic (exact) mass is 465 g/mol. The molecule has 2 fully saturated rings. The first kappa shape index (κ1) is 22.6. The molecule has 1 amide bonds. The summed E-state index contributed by atoms with van der Waals surface area (Å²) in [7, 11) is -3.98. The van der Waals surface area contributed by atoms with Gasteiger partial charge >= 0.3 is 0 Å². The topological polar surface area (TPSA) is 143 Å². The van der Waals surface area contributed by atoms with Gasteiger partial charge in [-0.05, 0) is 36.4 Å². The fourth-order valence-corrected chi connectivity index (χ4v) is 6.25. The number of benzene rings is 1. The minimum Gasteiger partial charge on any atom is -0.381 e. The number of aromatic nitrogens is 4. The molecule has 32 heavy (non-hydrogen) atoms. The van der Waals surface area contributed by atoms with E-state index in [4.69, 9.17) is 4.74 Å². The Balaban J connectivity index is 1.44. The van der Waals surface area contributed by atoms with Crippen LogP contribution in [0.4, 0.5) is 5.69 Å². The molecule has 2 aromatic rings. The number of carbonyl (C=O) groups excluding carboxylic acids is 1. The molecule has 12 nitrogen and oxygen atoms in total. The first-order valence-electron chi connectivity index (χ1n) is 10.6. The SMILES string of the molecule is CCn1nnc(-c2ccc(N3CCN(S(=O)(=O)C4(C(=O)NO)CCOCC4)CC3)cc2)n1. The summed E-state index contributed by atoms with van der Waals surface area (Å²) >= 11 is 0. The normalized spacial score (nSPS) is 19.6. The molecule has 2 aliphatic heterocycles. The summed E-state index contributed by atoms with van der Waals surface area (Å²) in [6, 6.07) is 7.73. The largest absolute Gasteiger partial charge is 0.381 e. The number of ether oxygens (including phenoxy) is 1. The maximum absolute atomic E-state index is 13.4. The zero-order chi connectivity index (χ0) is 22.8. The third-order valence-electron chi connectivity index (χ3n) is 6.11. The molecule has 4 rings (SSSR count). The summed E-state index contributed by atoms with van der Waals surface area (Å²) in [5.41, 5.74) is 3.37. The summed E-state index contributed by atoms with van der Waals surface area (Å²) in [6.45, 7) is 4.35. The van der Waals surface area contributed by atoms with Crippen molar-refractivity contribution in [2.45, 2.75) is 31.1 Å². The number of piperazine rings is 1. The highest BCUT2D eigenvalue weighted by molar-refractivity contribution is 7.91. The predicted octanol–water partition coefficient (Wildman–Crippen LogP) is -0.134. The van der Waals surface area contributed by atoms with Crippen molar-refractivity contribution >= 4 is 21.6 Å². The Kier molecular flexibility index (Phi) is 6.42. The predicted molar refractivity (Wildman–Crippen MR) is 114 cm³/mol. The number of aryl methyl sites for hydroxylation is 1. The molecule has 0 spiro atoms. The van der Waals surface area contributed by atoms with Gasteiger partial charge in [-0.3, -0.25) is 10.0 Å². The zero-order valence-corrected chi connectivity index (χ0v) is 18.7. The molecule has 3 heterocycles. The van der Waals surface area contributed by atoms with Gasteiger partial charge in [0.15, 0.2) is 4.75 Å². The van der Waals surface area contributed by atoms with Gasteiger partial charge in [0.25, 0.3) is 5.91 Å². The lowest BCUT2D eigenvalue weighted by molar-refractivity contribution is -0.134. The molecule has 0 aliphatic carbocycles. The lowest BCUT2D eigenvalue weighted by Gasteiger charge is -2.42. The fourth-order valence-electron chi connectivity index (χ4n) is 4.15. The number of hydrogen-bond donors (Lipinski definition) is 2. The number of sulfonamides is 1. The number of nitrogens with zero attached hydrogens (tertiary/aromatic N) is 6. The Morgan fingerprint density at radius 2 is 1.81 bits per heavy atom. The number of hydrogen-bond acceptors (Lipinski definition) is 9. The quantitative estimate of drug-likeness (QED) is 0.440. The average Bonchev–Trinajstić information content (AvgIpc) is 3.33. The van der Waals surface area contributed by atoms with Crippen LogP contribution in [-0.4, -0.2) is 88.2 Å². The molecule has 2 aliphatic rings. The molecule has 174 valence electrons. The van der Waals surface area contributed by atoms with Crippen LogP contribution in [0.25, 0.3) is 11.4 Å². The summed E-state index contributed by atoms with van der Waals surface area (Å²) in [4.78, 5) is 16.0. The maximum Gasteiger partial charge on any atom is 0.266 e. The van der Waals surface area contributed by atoms with Gasteiger partial charge in [-0.25, -0.2) is 13.9 Å². The van der Waals surface area contributed by atoms with E-state index in [-0.39, 0.29) is 39.1 Å². The highest BCUT2D eigenvalue weighted by Gasteiger charge is 2.54. The van der Waals surface area contributed by atoms with E-state index in [1.165, 1.54) is 9.10 Å². The maximum atomic E-state index is 13.4. The molecule has 13 heteroatoms. The summed E-state index contributed by atoms with van der Waals surface area (Å²) in [5, 5.41) is 21.5. The molecule has 0 bridgehead atoms. The van der Waals surface area contributed by atoms with Crippen molar-refractivity contribution in [2.75, 3.05) is 44.3 Å². The Morgan fingerprint density at radius 3 is 2.38 bits per heavy atom. The number of anilines is 1. The Bertz CT molecular complexity index is 1040. The smallest absolute Gasteiger partial charge is 0.266 e. The summed E-state index contributed by atoms with van der Waals surface area (Å²) < 4.78 is 31.7. The zero-order valence-electron chi connectivity index (χ0n) is 17.8. The number of rotatable bonds is 6. The van der Waals surface area contributed by atoms with Crippen LogP contribution in [0.3, 0.4) is 0 Å². The van der Waals surface area contributed by atoms with Crippen molar-refractivity contribution in [1.82, 2.24) is 30.0 Å². The van der Waals surface area contributed by atoms with E-state index < -0.39 is 20.7 Å². The third kappa shape index (κ3) is 3.96. The van der Waals surface area contributed by atoms with Crippen LogP contribution in [0.15, 0.2) is 24.3 Å². The minimum atomic E-state index is -3.98. The van der Waals surface area contributed by atoms with Crippen LogP contribution in [0.2, 0.25) is 0 Å². The average molecular weight is 466 g/mol. The lowest BCUT2D eigenvalue weighted by Crippen LogP contribution is -2.62. The second-order valence-electron chi connectivity index (χ2n) is 7.79. The van der Waals surface area contributed by atoms with E-state index in [0.717, 1.165) is 11.3 Å². The van der Waals surface area contributed by atoms with Crippen molar-refractivity contribution in [3.63, 3.8) is 0 Å². The highest BCUT2D eigenvalue weighted by Crippen LogP contribution is 2.34. The molecule has 0 atom stereocenters. The summed E-state index contributed by atoms with van der Waals surface area (Å²) in [6.07, 6.45) is 0.0280. The number of nitrogens with one attached hydrogen (secondary N) is 1. The van der Waals surface area contributed by atoms with Gasteiger partial charge in [0.05, 0.1) is 6.54 Å². The molecule has 2 saturated heterocycles. The molecular formula is C19H27N7O5S. The fraction of sp³-hybridized carbons (Fsp3) is 0.579. The van der Waals surface area contributed by atoms with E-state index >= 15 is 0 Å². The van der Waals surface area contributed by atoms with Crippen LogP contribution in [0, 0.1) is 0 Å². The van der Waals surface area contributed by atoms with Crippen LogP contribution < -0.4 is 10.4 Å². The number of tetrazole rings is 1. The Hall–Kier alpha value is -2.61. The standard InChI is InChI=1S/C19H27N7O5S/c1-2-26-21-17(20-23-26)15-3-5-16(6-4-15)24-9-11-25(12-10-24)32(29,30)19(18(27)22-28)7-13-31-14-8-19/h3-6,28H,2,7-14H2,1H3,(H,22,27). The second-order valence-corrected chi connectivity index (χ2v) is 10.0. The van der Waals surface area contributed by atoms with E-state index in [1.807, 2.05) is 31.2 Å². The first-order valence-corrected chi connectivity index (χ1v) is 12.0. The number of amides is 1. The molecule has 0 radical (unpaired) electrons. The number of carbonyl (C=O) groups is 1. The van der Waals surface area contributed by atoms with Gasteiger partial charge in [-0.1, -0.05) is 0 Å². The van der Waals surface area contributed by atoms with E-state index in [2.05, 4.69) is 20.3 Å². The van der Waals surface area contributed by atoms with Crippen LogP contribution in [0.1, 0.15) is 19.8 Å². The van der Waals surface area contributed by atoms with Gasteiger partial charge in [-0.15, -0.1) is 10.2 Å². The minimum absolute atomic E-state index is 0.0140. The molecule has 2 N–H and O–H groups in total. The van der Waals surface area contributed by atoms with Crippen molar-refractivity contribution in [1.29, 1.82) is 0 Å². The van der Waals surface area contributed by atoms with Gasteiger partial charge in [0.1, 0.15) is 0 Å². The molecule has 0 saturated carbocycles. The van der Waals surface area contributed by atoms with Gasteiger partial charge in [0.2, 0.25) is 15.8 Å². The first-order chi connectivity index (χ1) is 15.4. The van der Waals surface area contributed by atoms with Crippen molar-refractivity contribution in [3.05, 3.63) is 24.3 Å². The number of hydroxylamine groups is 1. The van der Waals surface area contributed by atoms with Crippen molar-refractivity contribution in [2.24, 2.45) is 0 Å². The molecule has 1 aromatic heterocycles. The third-order valence-corrected chi connectivity index (χ3v) is 8.74. The van der Waals surface area contributed by atoms with Crippen molar-refractivity contribution in [3.8, 4) is 11.4 Å². The van der Waals surface area contributed by atoms with Crippen LogP contribution in [-0.2, 0) is 26.1 Å². The van der Waals surface area contributed by atoms with E-state index in [9.17, 15) is 18.4 Å². The molecular weight excluding hydrogens is 438 g/mol. The molecule has 0 unspecified atom stereocenters. The second kappa shape index (κ2) is 9.10. The van der Waals surface area contributed by atoms with Crippen LogP contribution >= 0.6 is 0 Å². The van der Waals surface area contributed by atoms with E-state index in [1.54, 1.807) is 5.48 Å². The van der Waals surface area contributed by atoms with E-state index in [0.29, 0.717) is 25.5 Å². The van der Waals surface area contributed by atoms with Gasteiger partial charge < -0.3 is 9.64 Å².